The number of hydrogen-bond donors (Lipinski definition) is 1. The molecule has 7 heteroatoms. The molecular weight excluding hydrogens is 439 g/mol. The number of carboxylic acid groups (broad SMARTS) is 1. The van der Waals surface area contributed by atoms with E-state index in [0.29, 0.717) is 16.4 Å². The van der Waals surface area contributed by atoms with Crippen LogP contribution in [0, 0.1) is 28.6 Å². The number of halogens is 1. The Bertz CT molecular complexity index is 714. The van der Waals surface area contributed by atoms with Gasteiger partial charge in [-0.1, -0.05) is 19.1 Å². The van der Waals surface area contributed by atoms with Crippen molar-refractivity contribution in [2.45, 2.75) is 32.3 Å². The van der Waals surface area contributed by atoms with Crippen LogP contribution in [0.25, 0.3) is 0 Å². The molecule has 1 N–H and O–H groups in total. The van der Waals surface area contributed by atoms with Gasteiger partial charge in [-0.2, -0.15) is 0 Å². The zero-order valence-corrected chi connectivity index (χ0v) is 16.5. The molecule has 25 heavy (non-hydrogen) atoms. The Morgan fingerprint density at radius 3 is 2.64 bits per heavy atom. The topological polar surface area (TPSA) is 89.9 Å². The van der Waals surface area contributed by atoms with Gasteiger partial charge in [-0.05, 0) is 42.4 Å². The summed E-state index contributed by atoms with van der Waals surface area (Å²) < 4.78 is 11.5. The van der Waals surface area contributed by atoms with Gasteiger partial charge in [0.2, 0.25) is 0 Å². The van der Waals surface area contributed by atoms with E-state index in [4.69, 9.17) is 9.47 Å². The summed E-state index contributed by atoms with van der Waals surface area (Å²) in [6.45, 7) is 7.33. The van der Waals surface area contributed by atoms with Gasteiger partial charge in [-0.15, -0.1) is 6.58 Å². The minimum atomic E-state index is -1.37. The minimum Gasteiger partial charge on any atom is -0.481 e. The summed E-state index contributed by atoms with van der Waals surface area (Å²) in [4.78, 5) is 37.6. The lowest BCUT2D eigenvalue weighted by Gasteiger charge is -2.63. The maximum Gasteiger partial charge on any atom is 0.314 e. The third-order valence-corrected chi connectivity index (χ3v) is 7.70. The summed E-state index contributed by atoms with van der Waals surface area (Å²) in [5, 5.41) is 10.0. The number of carbonyl (C=O) groups is 3. The van der Waals surface area contributed by atoms with Crippen molar-refractivity contribution in [3.8, 4) is 0 Å². The molecule has 1 saturated carbocycles. The zero-order chi connectivity index (χ0) is 18.8. The quantitative estimate of drug-likeness (QED) is 0.396. The van der Waals surface area contributed by atoms with Crippen molar-refractivity contribution >= 4 is 40.5 Å². The normalized spacial score (nSPS) is 45.0. The summed E-state index contributed by atoms with van der Waals surface area (Å²) in [6.07, 6.45) is 4.40. The summed E-state index contributed by atoms with van der Waals surface area (Å²) >= 11 is 2.05. The molecular formula is C18H21IO6. The first kappa shape index (κ1) is 18.4. The van der Waals surface area contributed by atoms with Crippen LogP contribution >= 0.6 is 22.6 Å². The Morgan fingerprint density at radius 1 is 1.48 bits per heavy atom. The molecule has 2 bridgehead atoms. The maximum absolute atomic E-state index is 12.7. The predicted octanol–water partition coefficient (Wildman–Crippen LogP) is 2.71. The molecule has 0 radical (unpaired) electrons. The number of rotatable bonds is 3. The van der Waals surface area contributed by atoms with Gasteiger partial charge < -0.3 is 14.6 Å². The van der Waals surface area contributed by atoms with Crippen LogP contribution in [0.2, 0.25) is 0 Å². The largest absolute Gasteiger partial charge is 0.481 e. The third-order valence-electron chi connectivity index (χ3n) is 6.50. The first-order valence-electron chi connectivity index (χ1n) is 8.15. The lowest BCUT2D eigenvalue weighted by molar-refractivity contribution is -0.237. The second kappa shape index (κ2) is 5.56. The first-order chi connectivity index (χ1) is 11.6. The van der Waals surface area contributed by atoms with Gasteiger partial charge in [-0.3, -0.25) is 14.4 Å². The lowest BCUT2D eigenvalue weighted by Crippen LogP contribution is -2.72. The van der Waals surface area contributed by atoms with Crippen molar-refractivity contribution in [2.75, 3.05) is 7.11 Å². The molecule has 2 aliphatic carbocycles. The van der Waals surface area contributed by atoms with Gasteiger partial charge in [0.05, 0.1) is 18.4 Å². The smallest absolute Gasteiger partial charge is 0.314 e. The van der Waals surface area contributed by atoms with E-state index in [1.165, 1.54) is 7.11 Å². The van der Waals surface area contributed by atoms with Crippen LogP contribution < -0.4 is 0 Å². The molecule has 1 unspecified atom stereocenters. The number of esters is 2. The molecule has 2 fully saturated rings. The highest BCUT2D eigenvalue weighted by Gasteiger charge is 2.75. The van der Waals surface area contributed by atoms with Gasteiger partial charge in [0.1, 0.15) is 5.92 Å². The van der Waals surface area contributed by atoms with Crippen molar-refractivity contribution < 1.29 is 29.0 Å². The van der Waals surface area contributed by atoms with E-state index in [1.54, 1.807) is 19.1 Å². The van der Waals surface area contributed by atoms with E-state index in [0.717, 1.165) is 0 Å². The van der Waals surface area contributed by atoms with Crippen LogP contribution in [0.5, 0.6) is 0 Å². The predicted molar refractivity (Wildman–Crippen MR) is 96.7 cm³/mol. The Labute approximate surface area is 159 Å². The van der Waals surface area contributed by atoms with Crippen LogP contribution in [-0.4, -0.2) is 35.7 Å². The van der Waals surface area contributed by atoms with Crippen LogP contribution in [0.4, 0.5) is 0 Å². The highest BCUT2D eigenvalue weighted by molar-refractivity contribution is 14.1. The molecule has 4 aliphatic rings. The Kier molecular flexibility index (Phi) is 4.09. The molecule has 1 spiro atoms. The number of carbonyl (C=O) groups excluding carboxylic acids is 2. The first-order valence-corrected chi connectivity index (χ1v) is 9.23. The molecule has 6 atom stereocenters. The summed E-state index contributed by atoms with van der Waals surface area (Å²) in [7, 11) is 1.29. The third kappa shape index (κ3) is 2.04. The van der Waals surface area contributed by atoms with E-state index in [-0.39, 0.29) is 0 Å². The molecule has 1 saturated heterocycles. The van der Waals surface area contributed by atoms with Gasteiger partial charge in [0.15, 0.2) is 5.60 Å². The van der Waals surface area contributed by atoms with E-state index >= 15 is 0 Å². The van der Waals surface area contributed by atoms with Crippen LogP contribution in [0.3, 0.4) is 0 Å². The van der Waals surface area contributed by atoms with Crippen LogP contribution in [0.1, 0.15) is 26.7 Å². The molecule has 2 heterocycles. The summed E-state index contributed by atoms with van der Waals surface area (Å²) in [6, 6.07) is 0. The summed E-state index contributed by atoms with van der Waals surface area (Å²) in [5.74, 6) is -4.37. The minimum absolute atomic E-state index is 0.457. The number of fused-ring (bicyclic) bond motifs is 1. The van der Waals surface area contributed by atoms with E-state index in [9.17, 15) is 19.5 Å². The van der Waals surface area contributed by atoms with Crippen molar-refractivity contribution in [1.82, 2.24) is 0 Å². The van der Waals surface area contributed by atoms with Crippen molar-refractivity contribution in [2.24, 2.45) is 28.6 Å². The van der Waals surface area contributed by atoms with E-state index < -0.39 is 52.1 Å². The zero-order valence-electron chi connectivity index (χ0n) is 14.4. The molecule has 2 aliphatic heterocycles. The highest BCUT2D eigenvalue weighted by atomic mass is 127. The second-order valence-electron chi connectivity index (χ2n) is 7.55. The second-order valence-corrected chi connectivity index (χ2v) is 8.72. The highest BCUT2D eigenvalue weighted by Crippen LogP contribution is 2.67. The Balaban J connectivity index is 2.31. The van der Waals surface area contributed by atoms with Gasteiger partial charge in [-0.25, -0.2) is 0 Å². The number of methoxy groups -OCH3 is 1. The molecule has 0 aromatic heterocycles. The number of aliphatic carboxylic acids is 1. The van der Waals surface area contributed by atoms with Crippen molar-refractivity contribution in [3.05, 3.63) is 22.3 Å². The Morgan fingerprint density at radius 2 is 2.12 bits per heavy atom. The van der Waals surface area contributed by atoms with Gasteiger partial charge in [0.25, 0.3) is 0 Å². The van der Waals surface area contributed by atoms with Gasteiger partial charge >= 0.3 is 17.9 Å². The number of hydrogen-bond acceptors (Lipinski definition) is 5. The fraction of sp³-hybridized carbons (Fsp3) is 0.611. The number of carboxylic acids is 1. The summed E-state index contributed by atoms with van der Waals surface area (Å²) in [5.41, 5.74) is -3.27. The molecule has 0 aromatic carbocycles. The number of ether oxygens (including phenoxy) is 2. The fourth-order valence-electron chi connectivity index (χ4n) is 5.12. The lowest BCUT2D eigenvalue weighted by atomic mass is 9.45. The van der Waals surface area contributed by atoms with Gasteiger partial charge in [0, 0.05) is 14.9 Å². The number of allylic oxidation sites excluding steroid dienone is 1. The molecule has 0 aromatic rings. The molecule has 4 rings (SSSR count). The molecule has 0 amide bonds. The Hall–Kier alpha value is -1.38. The SMILES string of the molecule is C=CC1(C)CC[C@H]2[C@](C)(C(=O)OC)[C@@H]3C=C(I)[C@]2(OC3=O)[C@H]1C(=O)O. The van der Waals surface area contributed by atoms with Crippen molar-refractivity contribution in [3.63, 3.8) is 0 Å². The molecule has 136 valence electrons. The molecule has 6 nitrogen and oxygen atoms in total. The van der Waals surface area contributed by atoms with Crippen LogP contribution in [0.15, 0.2) is 22.3 Å². The average Bonchev–Trinajstić information content (AvgIpc) is 2.55. The fourth-order valence-corrected chi connectivity index (χ4v) is 6.27. The average molecular weight is 460 g/mol. The van der Waals surface area contributed by atoms with Crippen LogP contribution in [-0.2, 0) is 23.9 Å². The van der Waals surface area contributed by atoms with Crippen molar-refractivity contribution in [1.29, 1.82) is 0 Å². The van der Waals surface area contributed by atoms with E-state index in [2.05, 4.69) is 29.2 Å². The monoisotopic (exact) mass is 460 g/mol. The maximum atomic E-state index is 12.7. The van der Waals surface area contributed by atoms with E-state index in [1.807, 2.05) is 6.92 Å². The standard InChI is InChI=1S/C18H21IO6/c1-5-16(2)7-6-10-17(3,15(23)24-4)9-8-11(19)18(10,25-14(9)22)12(16)13(20)21/h5,8-10,12H,1,6-7H2,2-4H3,(H,20,21)/t9-,10+,12+,16?,17-,18+/m1/s1.